The molecule has 1 fully saturated rings. The van der Waals surface area contributed by atoms with Gasteiger partial charge in [0, 0.05) is 0 Å². The van der Waals surface area contributed by atoms with Crippen LogP contribution in [0.2, 0.25) is 0 Å². The average Bonchev–Trinajstić information content (AvgIpc) is 2.09. The van der Waals surface area contributed by atoms with Crippen LogP contribution in [0.5, 0.6) is 0 Å². The summed E-state index contributed by atoms with van der Waals surface area (Å²) in [5, 5.41) is 0. The van der Waals surface area contributed by atoms with Gasteiger partial charge in [0.2, 0.25) is 3.54 Å². The fourth-order valence-corrected chi connectivity index (χ4v) is 4.06. The summed E-state index contributed by atoms with van der Waals surface area (Å²) >= 11 is 2.96. The average molecular weight is 219 g/mol. The quantitative estimate of drug-likeness (QED) is 0.508. The molecule has 0 saturated carbocycles. The molecule has 1 heterocycles. The van der Waals surface area contributed by atoms with Gasteiger partial charge in [0.1, 0.15) is 0 Å². The van der Waals surface area contributed by atoms with Crippen molar-refractivity contribution in [2.75, 3.05) is 5.75 Å². The SMILES string of the molecule is O=S(O)C1(Cl)CCCS1(=O)=O. The molecule has 0 aromatic heterocycles. The zero-order valence-electron chi connectivity index (χ0n) is 5.49. The van der Waals surface area contributed by atoms with Crippen LogP contribution < -0.4 is 0 Å². The van der Waals surface area contributed by atoms with Gasteiger partial charge < -0.3 is 4.55 Å². The van der Waals surface area contributed by atoms with E-state index in [1.54, 1.807) is 0 Å². The van der Waals surface area contributed by atoms with Gasteiger partial charge in [-0.1, -0.05) is 11.6 Å². The van der Waals surface area contributed by atoms with Crippen molar-refractivity contribution >= 4 is 32.5 Å². The number of sulfone groups is 1. The van der Waals surface area contributed by atoms with Crippen molar-refractivity contribution in [1.82, 2.24) is 0 Å². The summed E-state index contributed by atoms with van der Waals surface area (Å²) < 4.78 is 39.3. The number of rotatable bonds is 1. The number of hydrogen-bond acceptors (Lipinski definition) is 3. The van der Waals surface area contributed by atoms with Crippen LogP contribution >= 0.6 is 11.6 Å². The predicted octanol–water partition coefficient (Wildman–Crippen LogP) is 0.309. The minimum Gasteiger partial charge on any atom is -0.304 e. The van der Waals surface area contributed by atoms with Gasteiger partial charge in [-0.2, -0.15) is 0 Å². The first-order valence-electron chi connectivity index (χ1n) is 2.92. The Hall–Kier alpha value is 0.350. The molecule has 0 aromatic rings. The third-order valence-electron chi connectivity index (χ3n) is 1.61. The molecule has 66 valence electrons. The van der Waals surface area contributed by atoms with Crippen molar-refractivity contribution in [3.05, 3.63) is 0 Å². The van der Waals surface area contributed by atoms with Gasteiger partial charge in [-0.3, -0.25) is 0 Å². The Morgan fingerprint density at radius 3 is 2.27 bits per heavy atom. The van der Waals surface area contributed by atoms with E-state index in [-0.39, 0.29) is 12.2 Å². The van der Waals surface area contributed by atoms with Crippen molar-refractivity contribution in [2.45, 2.75) is 16.4 Å². The van der Waals surface area contributed by atoms with Crippen LogP contribution in [0.15, 0.2) is 0 Å². The zero-order valence-corrected chi connectivity index (χ0v) is 7.88. The first-order valence-corrected chi connectivity index (χ1v) is 6.06. The van der Waals surface area contributed by atoms with Crippen molar-refractivity contribution in [3.8, 4) is 0 Å². The van der Waals surface area contributed by atoms with Gasteiger partial charge in [-0.15, -0.1) is 0 Å². The lowest BCUT2D eigenvalue weighted by Gasteiger charge is -2.13. The van der Waals surface area contributed by atoms with Crippen molar-refractivity contribution in [3.63, 3.8) is 0 Å². The maximum Gasteiger partial charge on any atom is 0.244 e. The predicted molar refractivity (Wildman–Crippen MR) is 42.4 cm³/mol. The molecule has 0 amide bonds. The molecule has 1 aliphatic heterocycles. The minimum atomic E-state index is -3.57. The van der Waals surface area contributed by atoms with Crippen LogP contribution in [0.1, 0.15) is 12.8 Å². The number of alkyl halides is 1. The Labute approximate surface area is 72.1 Å². The summed E-state index contributed by atoms with van der Waals surface area (Å²) in [6, 6.07) is 0. The van der Waals surface area contributed by atoms with E-state index in [9.17, 15) is 12.6 Å². The highest BCUT2D eigenvalue weighted by Crippen LogP contribution is 2.38. The molecule has 0 spiro atoms. The molecule has 0 radical (unpaired) electrons. The molecule has 7 heteroatoms. The summed E-state index contributed by atoms with van der Waals surface area (Å²) in [6.45, 7) is 0. The Kier molecular flexibility index (Phi) is 2.31. The number of hydrogen-bond donors (Lipinski definition) is 1. The molecule has 0 aliphatic carbocycles. The van der Waals surface area contributed by atoms with Crippen LogP contribution in [-0.2, 0) is 20.9 Å². The summed E-state index contributed by atoms with van der Waals surface area (Å²) in [5.74, 6) is -0.0944. The molecule has 4 nitrogen and oxygen atoms in total. The van der Waals surface area contributed by atoms with Crippen LogP contribution in [0.4, 0.5) is 0 Å². The third kappa shape index (κ3) is 1.32. The molecule has 2 atom stereocenters. The van der Waals surface area contributed by atoms with E-state index >= 15 is 0 Å². The molecule has 11 heavy (non-hydrogen) atoms. The standard InChI is InChI=1S/C4H7ClO4S2/c5-4(10(6)7)2-1-3-11(4,8)9/h1-3H2,(H,6,7). The molecule has 1 N–H and O–H groups in total. The molecular weight excluding hydrogens is 212 g/mol. The topological polar surface area (TPSA) is 71.4 Å². The molecule has 1 saturated heterocycles. The molecule has 2 unspecified atom stereocenters. The second-order valence-corrected chi connectivity index (χ2v) is 7.21. The largest absolute Gasteiger partial charge is 0.304 e. The third-order valence-corrected chi connectivity index (χ3v) is 6.78. The molecule has 1 aliphatic rings. The molecular formula is C4H7ClO4S2. The Bertz CT molecular complexity index is 284. The second kappa shape index (κ2) is 2.69. The Morgan fingerprint density at radius 2 is 2.09 bits per heavy atom. The zero-order chi connectivity index (χ0) is 8.70. The number of halogens is 1. The van der Waals surface area contributed by atoms with Gasteiger partial charge in [0.25, 0.3) is 0 Å². The second-order valence-electron chi connectivity index (χ2n) is 2.33. The van der Waals surface area contributed by atoms with Gasteiger partial charge in [0.15, 0.2) is 20.9 Å². The van der Waals surface area contributed by atoms with Crippen molar-refractivity contribution in [2.24, 2.45) is 0 Å². The highest BCUT2D eigenvalue weighted by molar-refractivity contribution is 8.07. The van der Waals surface area contributed by atoms with Crippen molar-refractivity contribution in [1.29, 1.82) is 0 Å². The first kappa shape index (κ1) is 9.44. The van der Waals surface area contributed by atoms with E-state index in [2.05, 4.69) is 0 Å². The molecule has 1 rings (SSSR count). The van der Waals surface area contributed by atoms with Gasteiger partial charge in [-0.25, -0.2) is 12.6 Å². The van der Waals surface area contributed by atoms with Crippen LogP contribution in [0.3, 0.4) is 0 Å². The lowest BCUT2D eigenvalue weighted by molar-refractivity contribution is 0.546. The lowest BCUT2D eigenvalue weighted by atomic mass is 10.4. The lowest BCUT2D eigenvalue weighted by Crippen LogP contribution is -2.32. The summed E-state index contributed by atoms with van der Waals surface area (Å²) in [4.78, 5) is 0. The van der Waals surface area contributed by atoms with Crippen LogP contribution in [0.25, 0.3) is 0 Å². The normalized spacial score (nSPS) is 38.7. The van der Waals surface area contributed by atoms with Gasteiger partial charge in [0.05, 0.1) is 5.75 Å². The Morgan fingerprint density at radius 1 is 1.55 bits per heavy atom. The monoisotopic (exact) mass is 218 g/mol. The summed E-state index contributed by atoms with van der Waals surface area (Å²) in [6.07, 6.45) is 0.415. The maximum atomic E-state index is 11.0. The van der Waals surface area contributed by atoms with Gasteiger partial charge >= 0.3 is 0 Å². The van der Waals surface area contributed by atoms with E-state index in [4.69, 9.17) is 16.2 Å². The smallest absolute Gasteiger partial charge is 0.244 e. The summed E-state index contributed by atoms with van der Waals surface area (Å²) in [5.41, 5.74) is 0. The first-order chi connectivity index (χ1) is 4.90. The maximum absolute atomic E-state index is 11.0. The van der Waals surface area contributed by atoms with E-state index in [0.29, 0.717) is 6.42 Å². The van der Waals surface area contributed by atoms with Crippen molar-refractivity contribution < 1.29 is 17.2 Å². The van der Waals surface area contributed by atoms with E-state index in [0.717, 1.165) is 0 Å². The Balaban J connectivity index is 3.14. The van der Waals surface area contributed by atoms with E-state index in [1.165, 1.54) is 0 Å². The molecule has 0 bridgehead atoms. The fourth-order valence-electron chi connectivity index (χ4n) is 0.977. The highest BCUT2D eigenvalue weighted by atomic mass is 35.5. The van der Waals surface area contributed by atoms with Gasteiger partial charge in [-0.05, 0) is 12.8 Å². The van der Waals surface area contributed by atoms with Crippen LogP contribution in [0, 0.1) is 0 Å². The highest BCUT2D eigenvalue weighted by Gasteiger charge is 2.51. The van der Waals surface area contributed by atoms with E-state index in [1.807, 2.05) is 0 Å². The minimum absolute atomic E-state index is 0.0556. The summed E-state index contributed by atoms with van der Waals surface area (Å²) in [7, 11) is -3.57. The fraction of sp³-hybridized carbons (Fsp3) is 1.00. The molecule has 0 aromatic carbocycles. The van der Waals surface area contributed by atoms with Crippen LogP contribution in [-0.4, -0.2) is 26.5 Å². The van der Waals surface area contributed by atoms with E-state index < -0.39 is 24.5 Å².